The third-order valence-corrected chi connectivity index (χ3v) is 4.27. The van der Waals surface area contributed by atoms with Crippen LogP contribution in [-0.2, 0) is 31.4 Å². The van der Waals surface area contributed by atoms with E-state index in [0.29, 0.717) is 0 Å². The van der Waals surface area contributed by atoms with Crippen molar-refractivity contribution in [1.82, 2.24) is 10.6 Å². The summed E-state index contributed by atoms with van der Waals surface area (Å²) in [5, 5.41) is 62.9. The molecule has 14 heteroatoms. The molecule has 2 atom stereocenters. The summed E-state index contributed by atoms with van der Waals surface area (Å²) in [7, 11) is 0. The van der Waals surface area contributed by atoms with Crippen LogP contribution in [0.4, 0.5) is 0 Å². The van der Waals surface area contributed by atoms with Gasteiger partial charge in [0.1, 0.15) is 12.6 Å². The molecule has 34 heavy (non-hydrogen) atoms. The standard InChI is InChI=1S/C20H20N2O11.Fe/c23-7-11(21-17(28)9-3-1-5-13(24)15(9)26)20(32)33-8-12(19(30)31)22-18(29)10-4-2-6-14(25)16(10)27;/h1-6,11-12,23-27H,7-8H2,(H,21,28)(H,22,29)(H,30,31);/p-1/t11-,12+;/m0./s1. The van der Waals surface area contributed by atoms with Crippen molar-refractivity contribution in [3.8, 4) is 23.0 Å². The van der Waals surface area contributed by atoms with E-state index in [9.17, 15) is 49.8 Å². The third-order valence-electron chi connectivity index (χ3n) is 4.27. The first-order valence-corrected chi connectivity index (χ1v) is 9.18. The zero-order valence-corrected chi connectivity index (χ0v) is 18.2. The van der Waals surface area contributed by atoms with E-state index in [4.69, 9.17) is 4.74 Å². The molecule has 0 aliphatic carbocycles. The first kappa shape index (κ1) is 28.0. The van der Waals surface area contributed by atoms with Crippen LogP contribution in [0.15, 0.2) is 36.4 Å². The Kier molecular flexibility index (Phi) is 10.1. The first-order chi connectivity index (χ1) is 15.6. The van der Waals surface area contributed by atoms with E-state index in [-0.39, 0.29) is 17.1 Å². The summed E-state index contributed by atoms with van der Waals surface area (Å²) in [5.74, 6) is -8.12. The molecule has 13 nitrogen and oxygen atoms in total. The van der Waals surface area contributed by atoms with Crippen molar-refractivity contribution in [1.29, 1.82) is 0 Å². The van der Waals surface area contributed by atoms with Gasteiger partial charge < -0.3 is 50.8 Å². The topological polar surface area (TPSA) is 226 Å². The van der Waals surface area contributed by atoms with Crippen LogP contribution in [0.5, 0.6) is 23.0 Å². The van der Waals surface area contributed by atoms with Crippen molar-refractivity contribution in [3.05, 3.63) is 47.5 Å². The van der Waals surface area contributed by atoms with Gasteiger partial charge in [0.15, 0.2) is 29.0 Å². The number of benzene rings is 2. The maximum Gasteiger partial charge on any atom is 0.331 e. The number of nitrogens with one attached hydrogen (secondary N) is 2. The van der Waals surface area contributed by atoms with E-state index in [1.165, 1.54) is 12.1 Å². The Morgan fingerprint density at radius 1 is 0.824 bits per heavy atom. The van der Waals surface area contributed by atoms with Crippen molar-refractivity contribution in [2.45, 2.75) is 12.1 Å². The normalized spacial score (nSPS) is 11.9. The molecule has 2 aromatic rings. The van der Waals surface area contributed by atoms with Crippen LogP contribution in [0.2, 0.25) is 0 Å². The number of aliphatic hydroxyl groups excluding tert-OH is 1. The van der Waals surface area contributed by atoms with Crippen molar-refractivity contribution in [2.24, 2.45) is 0 Å². The summed E-state index contributed by atoms with van der Waals surface area (Å²) in [6.07, 6.45) is 0. The van der Waals surface area contributed by atoms with Crippen molar-refractivity contribution >= 4 is 23.8 Å². The zero-order valence-electron chi connectivity index (χ0n) is 17.1. The third kappa shape index (κ3) is 6.75. The van der Waals surface area contributed by atoms with E-state index in [1.54, 1.807) is 0 Å². The second kappa shape index (κ2) is 12.3. The molecular formula is C20H19FeN2O11-. The molecule has 0 aliphatic heterocycles. The molecule has 0 saturated carbocycles. The van der Waals surface area contributed by atoms with Crippen molar-refractivity contribution in [3.63, 3.8) is 0 Å². The van der Waals surface area contributed by atoms with Crippen LogP contribution in [0.1, 0.15) is 20.7 Å². The van der Waals surface area contributed by atoms with Crippen LogP contribution >= 0.6 is 0 Å². The number of rotatable bonds is 9. The van der Waals surface area contributed by atoms with Gasteiger partial charge >= 0.3 is 5.97 Å². The maximum atomic E-state index is 12.2. The summed E-state index contributed by atoms with van der Waals surface area (Å²) >= 11 is 0. The van der Waals surface area contributed by atoms with Crippen LogP contribution in [-0.4, -0.2) is 74.6 Å². The molecule has 0 radical (unpaired) electrons. The van der Waals surface area contributed by atoms with E-state index >= 15 is 0 Å². The molecule has 2 aromatic carbocycles. The Bertz CT molecular complexity index is 1080. The largest absolute Gasteiger partial charge is 0.548 e. The van der Waals surface area contributed by atoms with Gasteiger partial charge in [-0.2, -0.15) is 0 Å². The van der Waals surface area contributed by atoms with Crippen LogP contribution in [0.25, 0.3) is 0 Å². The predicted molar refractivity (Wildman–Crippen MR) is 105 cm³/mol. The first-order valence-electron chi connectivity index (χ1n) is 9.18. The number of carbonyl (C=O) groups excluding carboxylic acids is 4. The number of carbonyl (C=O) groups is 4. The molecule has 0 aromatic heterocycles. The number of amides is 2. The van der Waals surface area contributed by atoms with E-state index in [0.717, 1.165) is 24.3 Å². The van der Waals surface area contributed by atoms with Gasteiger partial charge in [-0.15, -0.1) is 0 Å². The van der Waals surface area contributed by atoms with E-state index < -0.39 is 83.2 Å². The monoisotopic (exact) mass is 519 g/mol. The summed E-state index contributed by atoms with van der Waals surface area (Å²) < 4.78 is 4.73. The zero-order chi connectivity index (χ0) is 24.7. The Labute approximate surface area is 202 Å². The van der Waals surface area contributed by atoms with Crippen LogP contribution in [0, 0.1) is 0 Å². The number of esters is 1. The van der Waals surface area contributed by atoms with Gasteiger partial charge in [-0.25, -0.2) is 4.79 Å². The number of aromatic hydroxyl groups is 4. The minimum Gasteiger partial charge on any atom is -0.548 e. The summed E-state index contributed by atoms with van der Waals surface area (Å²) in [6, 6.07) is 3.30. The van der Waals surface area contributed by atoms with Crippen molar-refractivity contribution < 1.29 is 71.6 Å². The molecule has 2 amide bonds. The molecule has 2 rings (SSSR count). The Hall–Kier alpha value is -4.00. The van der Waals surface area contributed by atoms with Gasteiger partial charge in [0, 0.05) is 17.1 Å². The number of aliphatic hydroxyl groups is 1. The molecule has 0 heterocycles. The molecule has 0 unspecified atom stereocenters. The number of hydrogen-bond donors (Lipinski definition) is 7. The number of aliphatic carboxylic acids is 1. The predicted octanol–water partition coefficient (Wildman–Crippen LogP) is -2.31. The van der Waals surface area contributed by atoms with E-state index in [1.807, 2.05) is 10.6 Å². The fraction of sp³-hybridized carbons (Fsp3) is 0.200. The fourth-order valence-electron chi connectivity index (χ4n) is 2.51. The van der Waals surface area contributed by atoms with Gasteiger partial charge in [0.05, 0.1) is 23.7 Å². The van der Waals surface area contributed by atoms with Crippen LogP contribution in [0.3, 0.4) is 0 Å². The van der Waals surface area contributed by atoms with Gasteiger partial charge in [0.2, 0.25) is 0 Å². The minimum absolute atomic E-state index is 0. The fourth-order valence-corrected chi connectivity index (χ4v) is 2.51. The number of para-hydroxylation sites is 2. The molecule has 0 aliphatic rings. The molecule has 0 spiro atoms. The minimum atomic E-state index is -1.90. The van der Waals surface area contributed by atoms with Gasteiger partial charge in [0.25, 0.3) is 11.8 Å². The molecule has 0 bridgehead atoms. The number of phenols is 4. The second-order valence-corrected chi connectivity index (χ2v) is 6.53. The smallest absolute Gasteiger partial charge is 0.331 e. The summed E-state index contributed by atoms with van der Waals surface area (Å²) in [5.41, 5.74) is -0.869. The second-order valence-electron chi connectivity index (χ2n) is 6.53. The van der Waals surface area contributed by atoms with Gasteiger partial charge in [-0.1, -0.05) is 12.1 Å². The quantitative estimate of drug-likeness (QED) is 0.106. The molecule has 7 N–H and O–H groups in total. The Morgan fingerprint density at radius 2 is 1.26 bits per heavy atom. The number of phenolic OH excluding ortho intramolecular Hbond substituents is 4. The summed E-state index contributed by atoms with van der Waals surface area (Å²) in [6.45, 7) is -1.94. The molecule has 0 saturated heterocycles. The average Bonchev–Trinajstić information content (AvgIpc) is 2.77. The molecule has 184 valence electrons. The molecule has 0 fully saturated rings. The summed E-state index contributed by atoms with van der Waals surface area (Å²) in [4.78, 5) is 47.8. The average molecular weight is 519 g/mol. The Balaban J connectivity index is 0.00000578. The Morgan fingerprint density at radius 3 is 1.68 bits per heavy atom. The van der Waals surface area contributed by atoms with E-state index in [2.05, 4.69) is 0 Å². The molecular weight excluding hydrogens is 500 g/mol. The maximum absolute atomic E-state index is 12.2. The van der Waals surface area contributed by atoms with Crippen molar-refractivity contribution in [2.75, 3.05) is 13.2 Å². The van der Waals surface area contributed by atoms with Gasteiger partial charge in [-0.05, 0) is 24.3 Å². The van der Waals surface area contributed by atoms with Crippen LogP contribution < -0.4 is 15.7 Å². The SMILES string of the molecule is O=C(N[C@@H](CO)C(=O)OC[C@@H](NC(=O)c1cccc(O)c1O)C(=O)[O-])c1cccc(O)c1O.[Fe]. The number of carboxylic acid groups (broad SMARTS) is 1. The number of carboxylic acids is 1. The number of hydrogen-bond acceptors (Lipinski definition) is 11. The number of ether oxygens (including phenoxy) is 1. The van der Waals surface area contributed by atoms with Gasteiger partial charge in [-0.3, -0.25) is 9.59 Å².